The van der Waals surface area contributed by atoms with Crippen molar-refractivity contribution in [2.45, 2.75) is 45.6 Å². The summed E-state index contributed by atoms with van der Waals surface area (Å²) in [5.74, 6) is 0.549. The Labute approximate surface area is 110 Å². The highest BCUT2D eigenvalue weighted by molar-refractivity contribution is 5.78. The molecule has 1 fully saturated rings. The van der Waals surface area contributed by atoms with Crippen molar-refractivity contribution in [2.24, 2.45) is 11.8 Å². The van der Waals surface area contributed by atoms with Crippen molar-refractivity contribution in [2.75, 3.05) is 26.9 Å². The van der Waals surface area contributed by atoms with Gasteiger partial charge in [-0.25, -0.2) is 0 Å². The van der Waals surface area contributed by atoms with Crippen LogP contribution in [-0.2, 0) is 9.53 Å². The zero-order valence-corrected chi connectivity index (χ0v) is 11.9. The number of hydrogen-bond donors (Lipinski definition) is 1. The van der Waals surface area contributed by atoms with Crippen LogP contribution in [0.5, 0.6) is 0 Å². The third kappa shape index (κ3) is 4.25. The zero-order chi connectivity index (χ0) is 13.5. The minimum Gasteiger partial charge on any atom is -0.396 e. The van der Waals surface area contributed by atoms with E-state index in [1.807, 2.05) is 11.8 Å². The molecule has 1 aliphatic rings. The van der Waals surface area contributed by atoms with Crippen LogP contribution in [0.1, 0.15) is 39.5 Å². The lowest BCUT2D eigenvalue weighted by Crippen LogP contribution is -2.48. The van der Waals surface area contributed by atoms with E-state index in [2.05, 4.69) is 6.92 Å². The van der Waals surface area contributed by atoms with Crippen molar-refractivity contribution < 1.29 is 14.6 Å². The number of methoxy groups -OCH3 is 1. The second-order valence-corrected chi connectivity index (χ2v) is 5.50. The molecule has 1 rings (SSSR count). The predicted octanol–water partition coefficient (Wildman–Crippen LogP) is 1.67. The van der Waals surface area contributed by atoms with Gasteiger partial charge in [-0.15, -0.1) is 0 Å². The number of aliphatic hydroxyl groups is 1. The molecular weight excluding hydrogens is 230 g/mol. The third-order valence-electron chi connectivity index (χ3n) is 3.93. The molecule has 3 unspecified atom stereocenters. The van der Waals surface area contributed by atoms with Gasteiger partial charge in [0.25, 0.3) is 0 Å². The van der Waals surface area contributed by atoms with E-state index < -0.39 is 0 Å². The molecule has 1 amide bonds. The highest BCUT2D eigenvalue weighted by Crippen LogP contribution is 2.24. The van der Waals surface area contributed by atoms with Crippen LogP contribution in [0, 0.1) is 11.8 Å². The fraction of sp³-hybridized carbons (Fsp3) is 0.929. The summed E-state index contributed by atoms with van der Waals surface area (Å²) in [7, 11) is 1.69. The first-order chi connectivity index (χ1) is 8.60. The van der Waals surface area contributed by atoms with Crippen LogP contribution < -0.4 is 0 Å². The summed E-state index contributed by atoms with van der Waals surface area (Å²) in [6.45, 7) is 5.72. The number of amides is 1. The fourth-order valence-corrected chi connectivity index (χ4v) is 2.58. The molecule has 106 valence electrons. The third-order valence-corrected chi connectivity index (χ3v) is 3.93. The van der Waals surface area contributed by atoms with Gasteiger partial charge < -0.3 is 14.7 Å². The quantitative estimate of drug-likeness (QED) is 0.736. The minimum atomic E-state index is 0.0556. The highest BCUT2D eigenvalue weighted by Gasteiger charge is 2.30. The molecule has 1 N–H and O–H groups in total. The maximum atomic E-state index is 12.4. The molecule has 0 bridgehead atoms. The lowest BCUT2D eigenvalue weighted by molar-refractivity contribution is -0.140. The molecule has 1 saturated heterocycles. The summed E-state index contributed by atoms with van der Waals surface area (Å²) in [5, 5.41) is 9.23. The van der Waals surface area contributed by atoms with Crippen LogP contribution in [0.2, 0.25) is 0 Å². The summed E-state index contributed by atoms with van der Waals surface area (Å²) in [6, 6.07) is 0.310. The fourth-order valence-electron chi connectivity index (χ4n) is 2.58. The number of hydrogen-bond acceptors (Lipinski definition) is 3. The summed E-state index contributed by atoms with van der Waals surface area (Å²) >= 11 is 0. The van der Waals surface area contributed by atoms with Gasteiger partial charge in [-0.1, -0.05) is 6.92 Å². The summed E-state index contributed by atoms with van der Waals surface area (Å²) in [5.41, 5.74) is 0. The van der Waals surface area contributed by atoms with Gasteiger partial charge >= 0.3 is 0 Å². The lowest BCUT2D eigenvalue weighted by Gasteiger charge is -2.39. The molecule has 0 saturated carbocycles. The number of carbonyl (C=O) groups is 1. The molecule has 0 spiro atoms. The van der Waals surface area contributed by atoms with Gasteiger partial charge in [-0.2, -0.15) is 0 Å². The molecule has 4 heteroatoms. The van der Waals surface area contributed by atoms with Crippen LogP contribution in [0.3, 0.4) is 0 Å². The Hall–Kier alpha value is -0.610. The first-order valence-corrected chi connectivity index (χ1v) is 7.00. The van der Waals surface area contributed by atoms with Gasteiger partial charge in [0.15, 0.2) is 0 Å². The Balaban J connectivity index is 2.47. The van der Waals surface area contributed by atoms with E-state index >= 15 is 0 Å². The second kappa shape index (κ2) is 7.74. The second-order valence-electron chi connectivity index (χ2n) is 5.50. The lowest BCUT2D eigenvalue weighted by atomic mass is 9.92. The smallest absolute Gasteiger partial charge is 0.225 e. The van der Waals surface area contributed by atoms with Crippen molar-refractivity contribution in [3.63, 3.8) is 0 Å². The van der Waals surface area contributed by atoms with Crippen molar-refractivity contribution >= 4 is 5.91 Å². The van der Waals surface area contributed by atoms with E-state index in [0.717, 1.165) is 25.7 Å². The van der Waals surface area contributed by atoms with E-state index in [0.29, 0.717) is 19.2 Å². The molecule has 0 aromatic rings. The number of nitrogens with zero attached hydrogens (tertiary/aromatic N) is 1. The molecule has 1 heterocycles. The topological polar surface area (TPSA) is 49.8 Å². The first-order valence-electron chi connectivity index (χ1n) is 7.00. The SMILES string of the molecule is COCCCC(C)C(=O)N1CC(CO)CCC1C. The van der Waals surface area contributed by atoms with E-state index in [-0.39, 0.29) is 24.3 Å². The van der Waals surface area contributed by atoms with E-state index in [4.69, 9.17) is 4.74 Å². The summed E-state index contributed by atoms with van der Waals surface area (Å²) in [4.78, 5) is 14.3. The average Bonchev–Trinajstić information content (AvgIpc) is 2.38. The Bertz CT molecular complexity index is 257. The van der Waals surface area contributed by atoms with Crippen LogP contribution in [0.4, 0.5) is 0 Å². The van der Waals surface area contributed by atoms with Gasteiger partial charge in [0.2, 0.25) is 5.91 Å². The minimum absolute atomic E-state index is 0.0556. The normalized spacial score (nSPS) is 26.1. The number of ether oxygens (including phenoxy) is 1. The monoisotopic (exact) mass is 257 g/mol. The zero-order valence-electron chi connectivity index (χ0n) is 11.9. The van der Waals surface area contributed by atoms with Crippen LogP contribution in [-0.4, -0.2) is 48.8 Å². The predicted molar refractivity (Wildman–Crippen MR) is 71.3 cm³/mol. The largest absolute Gasteiger partial charge is 0.396 e. The highest BCUT2D eigenvalue weighted by atomic mass is 16.5. The first kappa shape index (κ1) is 15.4. The van der Waals surface area contributed by atoms with Crippen LogP contribution >= 0.6 is 0 Å². The van der Waals surface area contributed by atoms with Gasteiger partial charge in [0, 0.05) is 38.8 Å². The Morgan fingerprint density at radius 2 is 2.22 bits per heavy atom. The summed E-state index contributed by atoms with van der Waals surface area (Å²) < 4.78 is 5.02. The van der Waals surface area contributed by atoms with Crippen molar-refractivity contribution in [3.05, 3.63) is 0 Å². The standard InChI is InChI=1S/C14H27NO3/c1-11(5-4-8-18-3)14(17)15-9-13(10-16)7-6-12(15)2/h11-13,16H,4-10H2,1-3H3. The van der Waals surface area contributed by atoms with Gasteiger partial charge in [0.05, 0.1) is 0 Å². The number of likely N-dealkylation sites (tertiary alicyclic amines) is 1. The molecule has 1 aliphatic heterocycles. The van der Waals surface area contributed by atoms with Gasteiger partial charge in [0.1, 0.15) is 0 Å². The summed E-state index contributed by atoms with van der Waals surface area (Å²) in [6.07, 6.45) is 3.83. The Morgan fingerprint density at radius 3 is 2.83 bits per heavy atom. The molecule has 0 aliphatic carbocycles. The van der Waals surface area contributed by atoms with E-state index in [9.17, 15) is 9.90 Å². The van der Waals surface area contributed by atoms with Crippen LogP contribution in [0.15, 0.2) is 0 Å². The van der Waals surface area contributed by atoms with E-state index in [1.54, 1.807) is 7.11 Å². The maximum absolute atomic E-state index is 12.4. The molecule has 3 atom stereocenters. The van der Waals surface area contributed by atoms with Gasteiger partial charge in [-0.3, -0.25) is 4.79 Å². The molecule has 0 aromatic heterocycles. The van der Waals surface area contributed by atoms with Crippen LogP contribution in [0.25, 0.3) is 0 Å². The number of rotatable bonds is 6. The Kier molecular flexibility index (Phi) is 6.65. The molecular formula is C14H27NO3. The van der Waals surface area contributed by atoms with Crippen molar-refractivity contribution in [1.29, 1.82) is 0 Å². The van der Waals surface area contributed by atoms with Crippen molar-refractivity contribution in [1.82, 2.24) is 4.90 Å². The van der Waals surface area contributed by atoms with E-state index in [1.165, 1.54) is 0 Å². The molecule has 0 radical (unpaired) electrons. The average molecular weight is 257 g/mol. The van der Waals surface area contributed by atoms with Crippen molar-refractivity contribution in [3.8, 4) is 0 Å². The number of piperidine rings is 1. The number of aliphatic hydroxyl groups excluding tert-OH is 1. The van der Waals surface area contributed by atoms with Gasteiger partial charge in [-0.05, 0) is 38.5 Å². The molecule has 0 aromatic carbocycles. The molecule has 18 heavy (non-hydrogen) atoms. The molecule has 4 nitrogen and oxygen atoms in total. The number of carbonyl (C=O) groups excluding carboxylic acids is 1. The Morgan fingerprint density at radius 1 is 1.50 bits per heavy atom. The maximum Gasteiger partial charge on any atom is 0.225 e.